The van der Waals surface area contributed by atoms with Crippen LogP contribution < -0.4 is 5.56 Å². The maximum atomic E-state index is 12.7. The van der Waals surface area contributed by atoms with E-state index in [1.165, 1.54) is 18.5 Å². The number of nitrogens with one attached hydrogen (secondary N) is 1. The Labute approximate surface area is 169 Å². The van der Waals surface area contributed by atoms with E-state index in [2.05, 4.69) is 33.1 Å². The number of aromatic nitrogens is 6. The van der Waals surface area contributed by atoms with Gasteiger partial charge in [0.25, 0.3) is 5.56 Å². The van der Waals surface area contributed by atoms with Crippen LogP contribution in [-0.2, 0) is 13.6 Å². The molecule has 8 nitrogen and oxygen atoms in total. The highest BCUT2D eigenvalue weighted by Crippen LogP contribution is 2.33. The highest BCUT2D eigenvalue weighted by Gasteiger charge is 2.33. The summed E-state index contributed by atoms with van der Waals surface area (Å²) in [6, 6.07) is 2.52. The van der Waals surface area contributed by atoms with Gasteiger partial charge in [-0.3, -0.25) is 14.4 Å². The number of aryl methyl sites for hydroxylation is 2. The zero-order chi connectivity index (χ0) is 20.1. The fourth-order valence-corrected chi connectivity index (χ4v) is 5.14. The molecule has 29 heavy (non-hydrogen) atoms. The number of aromatic amines is 1. The molecule has 2 aliphatic rings. The van der Waals surface area contributed by atoms with Gasteiger partial charge in [0.1, 0.15) is 11.2 Å². The highest BCUT2D eigenvalue weighted by atomic mass is 16.1. The highest BCUT2D eigenvalue weighted by molar-refractivity contribution is 5.73. The number of H-pyrrole nitrogens is 1. The lowest BCUT2D eigenvalue weighted by Crippen LogP contribution is -2.22. The molecule has 0 radical (unpaired) electrons. The van der Waals surface area contributed by atoms with Crippen molar-refractivity contribution in [2.24, 2.45) is 13.0 Å². The second kappa shape index (κ2) is 7.09. The van der Waals surface area contributed by atoms with Gasteiger partial charge >= 0.3 is 0 Å². The van der Waals surface area contributed by atoms with Crippen molar-refractivity contribution >= 4 is 11.0 Å². The molecule has 1 aliphatic carbocycles. The molecule has 5 rings (SSSR count). The van der Waals surface area contributed by atoms with E-state index in [1.807, 2.05) is 23.3 Å². The standard InChI is InChI=1S/C21H29N7O/c1-13-10-27(11-16-8-14(2)25-26(16)3)12-18(13)19-23-20-17(21(29)24-19)9-22-28(20)15-6-4-5-7-15/h8-9,13,15,18H,4-7,10-12H2,1-3H3,(H,23,24,29)/t13-,18?/m1/s1. The summed E-state index contributed by atoms with van der Waals surface area (Å²) in [5.74, 6) is 1.44. The van der Waals surface area contributed by atoms with Crippen LogP contribution in [0.1, 0.15) is 61.8 Å². The van der Waals surface area contributed by atoms with Crippen molar-refractivity contribution in [3.8, 4) is 0 Å². The third-order valence-corrected chi connectivity index (χ3v) is 6.68. The zero-order valence-electron chi connectivity index (χ0n) is 17.4. The summed E-state index contributed by atoms with van der Waals surface area (Å²) in [6.07, 6.45) is 6.38. The first-order valence-electron chi connectivity index (χ1n) is 10.7. The minimum absolute atomic E-state index is 0.0674. The van der Waals surface area contributed by atoms with Crippen molar-refractivity contribution in [3.63, 3.8) is 0 Å². The van der Waals surface area contributed by atoms with Gasteiger partial charge < -0.3 is 4.98 Å². The molecule has 0 amide bonds. The normalized spacial score (nSPS) is 23.6. The van der Waals surface area contributed by atoms with Crippen molar-refractivity contribution in [1.29, 1.82) is 0 Å². The Bertz CT molecular complexity index is 1090. The van der Waals surface area contributed by atoms with Gasteiger partial charge in [-0.2, -0.15) is 10.2 Å². The SMILES string of the molecule is Cc1cc(CN2CC(c3nc4c(cnn4C4CCCC4)c(=O)[nH]3)[C@H](C)C2)n(C)n1. The monoisotopic (exact) mass is 395 g/mol. The van der Waals surface area contributed by atoms with E-state index in [-0.39, 0.29) is 11.5 Å². The summed E-state index contributed by atoms with van der Waals surface area (Å²) in [4.78, 5) is 23.2. The second-order valence-electron chi connectivity index (χ2n) is 8.89. The summed E-state index contributed by atoms with van der Waals surface area (Å²) >= 11 is 0. The third kappa shape index (κ3) is 3.29. The summed E-state index contributed by atoms with van der Waals surface area (Å²) in [7, 11) is 2.00. The zero-order valence-corrected chi connectivity index (χ0v) is 17.4. The summed E-state index contributed by atoms with van der Waals surface area (Å²) in [6.45, 7) is 7.01. The molecule has 154 valence electrons. The van der Waals surface area contributed by atoms with Crippen LogP contribution in [0, 0.1) is 12.8 Å². The largest absolute Gasteiger partial charge is 0.310 e. The minimum Gasteiger partial charge on any atom is -0.310 e. The summed E-state index contributed by atoms with van der Waals surface area (Å²) in [5, 5.41) is 9.58. The van der Waals surface area contributed by atoms with Crippen molar-refractivity contribution in [3.05, 3.63) is 39.8 Å². The number of nitrogens with zero attached hydrogens (tertiary/aromatic N) is 6. The van der Waals surface area contributed by atoms with E-state index in [9.17, 15) is 4.79 Å². The van der Waals surface area contributed by atoms with Gasteiger partial charge in [0, 0.05) is 32.6 Å². The molecule has 1 saturated carbocycles. The first-order chi connectivity index (χ1) is 14.0. The van der Waals surface area contributed by atoms with Crippen LogP contribution >= 0.6 is 0 Å². The van der Waals surface area contributed by atoms with Crippen LogP contribution in [0.5, 0.6) is 0 Å². The molecular formula is C21H29N7O. The molecule has 0 aromatic carbocycles. The Morgan fingerprint density at radius 3 is 2.76 bits per heavy atom. The van der Waals surface area contributed by atoms with Crippen molar-refractivity contribution in [2.75, 3.05) is 13.1 Å². The van der Waals surface area contributed by atoms with Crippen LogP contribution in [0.4, 0.5) is 0 Å². The Morgan fingerprint density at radius 2 is 2.03 bits per heavy atom. The number of likely N-dealkylation sites (tertiary alicyclic amines) is 1. The maximum Gasteiger partial charge on any atom is 0.262 e. The van der Waals surface area contributed by atoms with Crippen LogP contribution in [0.2, 0.25) is 0 Å². The van der Waals surface area contributed by atoms with Crippen molar-refractivity contribution in [1.82, 2.24) is 34.4 Å². The molecule has 1 unspecified atom stereocenters. The Hall–Kier alpha value is -2.48. The molecule has 3 aromatic rings. The van der Waals surface area contributed by atoms with Crippen LogP contribution in [0.25, 0.3) is 11.0 Å². The van der Waals surface area contributed by atoms with Gasteiger partial charge in [-0.25, -0.2) is 9.67 Å². The van der Waals surface area contributed by atoms with Gasteiger partial charge in [0.15, 0.2) is 5.65 Å². The average molecular weight is 396 g/mol. The van der Waals surface area contributed by atoms with E-state index in [4.69, 9.17) is 4.98 Å². The molecule has 2 atom stereocenters. The smallest absolute Gasteiger partial charge is 0.262 e. The maximum absolute atomic E-state index is 12.7. The van der Waals surface area contributed by atoms with Gasteiger partial charge in [-0.15, -0.1) is 0 Å². The molecule has 4 heterocycles. The van der Waals surface area contributed by atoms with E-state index in [1.54, 1.807) is 6.20 Å². The number of hydrogen-bond donors (Lipinski definition) is 1. The van der Waals surface area contributed by atoms with Gasteiger partial charge in [0.05, 0.1) is 23.6 Å². The topological polar surface area (TPSA) is 84.6 Å². The van der Waals surface area contributed by atoms with Crippen molar-refractivity contribution in [2.45, 2.75) is 58.0 Å². The summed E-state index contributed by atoms with van der Waals surface area (Å²) < 4.78 is 3.95. The first-order valence-corrected chi connectivity index (χ1v) is 10.7. The van der Waals surface area contributed by atoms with E-state index in [0.29, 0.717) is 17.3 Å². The Kier molecular flexibility index (Phi) is 4.53. The molecule has 8 heteroatoms. The number of rotatable bonds is 4. The number of fused-ring (bicyclic) bond motifs is 1. The van der Waals surface area contributed by atoms with Crippen LogP contribution in [0.3, 0.4) is 0 Å². The third-order valence-electron chi connectivity index (χ3n) is 6.68. The fourth-order valence-electron chi connectivity index (χ4n) is 5.14. The molecule has 1 saturated heterocycles. The summed E-state index contributed by atoms with van der Waals surface area (Å²) in [5.41, 5.74) is 2.94. The lowest BCUT2D eigenvalue weighted by Gasteiger charge is -2.16. The van der Waals surface area contributed by atoms with E-state index >= 15 is 0 Å². The van der Waals surface area contributed by atoms with Gasteiger partial charge in [0.2, 0.25) is 0 Å². The van der Waals surface area contributed by atoms with Gasteiger partial charge in [-0.1, -0.05) is 19.8 Å². The van der Waals surface area contributed by atoms with E-state index in [0.717, 1.165) is 49.6 Å². The lowest BCUT2D eigenvalue weighted by atomic mass is 9.97. The molecule has 3 aromatic heterocycles. The molecule has 0 spiro atoms. The lowest BCUT2D eigenvalue weighted by molar-refractivity contribution is 0.309. The average Bonchev–Trinajstić information content (AvgIpc) is 3.43. The van der Waals surface area contributed by atoms with Crippen molar-refractivity contribution < 1.29 is 0 Å². The molecule has 1 N–H and O–H groups in total. The Morgan fingerprint density at radius 1 is 1.24 bits per heavy atom. The van der Waals surface area contributed by atoms with Crippen LogP contribution in [0.15, 0.2) is 17.1 Å². The molecule has 1 aliphatic heterocycles. The first kappa shape index (κ1) is 18.5. The van der Waals surface area contributed by atoms with Crippen LogP contribution in [-0.4, -0.2) is 47.5 Å². The molecular weight excluding hydrogens is 366 g/mol. The fraction of sp³-hybridized carbons (Fsp3) is 0.619. The second-order valence-corrected chi connectivity index (χ2v) is 8.89. The van der Waals surface area contributed by atoms with Gasteiger partial charge in [-0.05, 0) is 31.7 Å². The predicted octanol–water partition coefficient (Wildman–Crippen LogP) is 2.51. The number of hydrogen-bond acceptors (Lipinski definition) is 5. The molecule has 2 fully saturated rings. The Balaban J connectivity index is 1.43. The minimum atomic E-state index is -0.0674. The predicted molar refractivity (Wildman–Crippen MR) is 111 cm³/mol. The molecule has 0 bridgehead atoms. The van der Waals surface area contributed by atoms with E-state index < -0.39 is 0 Å². The quantitative estimate of drug-likeness (QED) is 0.734.